The summed E-state index contributed by atoms with van der Waals surface area (Å²) >= 11 is 1.95. The number of nitrogen functional groups attached to an aromatic ring is 1. The molecule has 0 bridgehead atoms. The summed E-state index contributed by atoms with van der Waals surface area (Å²) < 4.78 is 0. The zero-order chi connectivity index (χ0) is 12.3. The van der Waals surface area contributed by atoms with Crippen molar-refractivity contribution in [1.82, 2.24) is 4.98 Å². The van der Waals surface area contributed by atoms with E-state index < -0.39 is 5.91 Å². The lowest BCUT2D eigenvalue weighted by atomic mass is 10.1. The van der Waals surface area contributed by atoms with Gasteiger partial charge < -0.3 is 16.8 Å². The number of anilines is 2. The van der Waals surface area contributed by atoms with Crippen molar-refractivity contribution < 1.29 is 4.79 Å². The maximum absolute atomic E-state index is 11.3. The van der Waals surface area contributed by atoms with Crippen LogP contribution in [0.5, 0.6) is 0 Å². The van der Waals surface area contributed by atoms with Gasteiger partial charge in [0, 0.05) is 6.04 Å². The number of carbonyl (C=O) groups excluding carboxylic acids is 1. The molecule has 17 heavy (non-hydrogen) atoms. The summed E-state index contributed by atoms with van der Waals surface area (Å²) in [5.74, 6) is 2.32. The number of amides is 1. The summed E-state index contributed by atoms with van der Waals surface area (Å²) in [6.07, 6.45) is 3.69. The first-order valence-corrected chi connectivity index (χ1v) is 6.72. The van der Waals surface area contributed by atoms with Crippen molar-refractivity contribution in [3.63, 3.8) is 0 Å². The number of hydrogen-bond acceptors (Lipinski definition) is 5. The molecule has 0 unspecified atom stereocenters. The van der Waals surface area contributed by atoms with Crippen molar-refractivity contribution in [1.29, 1.82) is 0 Å². The normalized spacial score (nSPS) is 16.7. The van der Waals surface area contributed by atoms with E-state index in [0.717, 1.165) is 24.3 Å². The third-order valence-electron chi connectivity index (χ3n) is 2.74. The van der Waals surface area contributed by atoms with Crippen LogP contribution in [0.25, 0.3) is 0 Å². The molecule has 0 atom stereocenters. The Hall–Kier alpha value is -1.43. The highest BCUT2D eigenvalue weighted by Crippen LogP contribution is 2.22. The fourth-order valence-corrected chi connectivity index (χ4v) is 2.93. The van der Waals surface area contributed by atoms with E-state index in [0.29, 0.717) is 23.1 Å². The average molecular weight is 252 g/mol. The van der Waals surface area contributed by atoms with E-state index in [1.807, 2.05) is 11.8 Å². The highest BCUT2D eigenvalue weighted by atomic mass is 32.2. The molecule has 0 saturated carbocycles. The van der Waals surface area contributed by atoms with Gasteiger partial charge in [-0.05, 0) is 30.4 Å². The van der Waals surface area contributed by atoms with Crippen LogP contribution in [0.1, 0.15) is 23.2 Å². The first-order chi connectivity index (χ1) is 8.16. The molecule has 1 fully saturated rings. The fraction of sp³-hybridized carbons (Fsp3) is 0.455. The zero-order valence-corrected chi connectivity index (χ0v) is 10.3. The van der Waals surface area contributed by atoms with Crippen LogP contribution in [0.2, 0.25) is 0 Å². The summed E-state index contributed by atoms with van der Waals surface area (Å²) in [4.78, 5) is 15.4. The number of hydrogen-bond donors (Lipinski definition) is 3. The van der Waals surface area contributed by atoms with Crippen molar-refractivity contribution in [2.75, 3.05) is 22.6 Å². The van der Waals surface area contributed by atoms with Crippen LogP contribution >= 0.6 is 11.8 Å². The van der Waals surface area contributed by atoms with Gasteiger partial charge in [-0.15, -0.1) is 0 Å². The molecule has 1 saturated heterocycles. The van der Waals surface area contributed by atoms with Crippen LogP contribution in [0.4, 0.5) is 11.5 Å². The summed E-state index contributed by atoms with van der Waals surface area (Å²) in [6.45, 7) is 0. The molecule has 2 rings (SSSR count). The van der Waals surface area contributed by atoms with Crippen molar-refractivity contribution in [2.45, 2.75) is 18.9 Å². The first kappa shape index (κ1) is 12.0. The molecule has 0 spiro atoms. The van der Waals surface area contributed by atoms with Gasteiger partial charge in [-0.1, -0.05) is 0 Å². The van der Waals surface area contributed by atoms with Crippen molar-refractivity contribution >= 4 is 29.2 Å². The quantitative estimate of drug-likeness (QED) is 0.748. The Labute approximate surface area is 104 Å². The largest absolute Gasteiger partial charge is 0.397 e. The summed E-state index contributed by atoms with van der Waals surface area (Å²) in [6, 6.07) is 1.93. The number of nitrogens with one attached hydrogen (secondary N) is 1. The predicted molar refractivity (Wildman–Crippen MR) is 71.1 cm³/mol. The Morgan fingerprint density at radius 3 is 2.82 bits per heavy atom. The van der Waals surface area contributed by atoms with Gasteiger partial charge in [-0.3, -0.25) is 4.79 Å². The van der Waals surface area contributed by atoms with E-state index in [1.165, 1.54) is 6.20 Å². The minimum Gasteiger partial charge on any atom is -0.397 e. The van der Waals surface area contributed by atoms with Crippen molar-refractivity contribution in [3.8, 4) is 0 Å². The molecule has 5 N–H and O–H groups in total. The third-order valence-corrected chi connectivity index (χ3v) is 3.79. The van der Waals surface area contributed by atoms with Gasteiger partial charge in [0.2, 0.25) is 0 Å². The standard InChI is InChI=1S/C11H16N4OS/c12-7-5-9(10(13)16)11(14-6-7)15-8-1-3-17-4-2-8/h5-6,8H,1-4,12H2,(H2,13,16)(H,14,15). The van der Waals surface area contributed by atoms with Gasteiger partial charge >= 0.3 is 0 Å². The first-order valence-electron chi connectivity index (χ1n) is 5.56. The zero-order valence-electron chi connectivity index (χ0n) is 9.48. The minimum absolute atomic E-state index is 0.364. The second kappa shape index (κ2) is 5.27. The molecule has 2 heterocycles. The molecule has 1 aliphatic rings. The van der Waals surface area contributed by atoms with Crippen LogP contribution in [0.15, 0.2) is 12.3 Å². The molecular formula is C11H16N4OS. The number of pyridine rings is 1. The molecule has 1 amide bonds. The molecule has 1 aromatic heterocycles. The van der Waals surface area contributed by atoms with Crippen molar-refractivity contribution in [2.24, 2.45) is 5.73 Å². The van der Waals surface area contributed by atoms with Crippen LogP contribution < -0.4 is 16.8 Å². The monoisotopic (exact) mass is 252 g/mol. The Balaban J connectivity index is 2.16. The molecule has 0 aromatic carbocycles. The van der Waals surface area contributed by atoms with Crippen LogP contribution in [0.3, 0.4) is 0 Å². The van der Waals surface area contributed by atoms with E-state index >= 15 is 0 Å². The molecule has 0 radical (unpaired) electrons. The van der Waals surface area contributed by atoms with Gasteiger partial charge in [0.15, 0.2) is 0 Å². The molecular weight excluding hydrogens is 236 g/mol. The molecule has 5 nitrogen and oxygen atoms in total. The average Bonchev–Trinajstić information content (AvgIpc) is 2.32. The second-order valence-electron chi connectivity index (χ2n) is 4.06. The lowest BCUT2D eigenvalue weighted by molar-refractivity contribution is 0.100. The van der Waals surface area contributed by atoms with E-state index in [4.69, 9.17) is 11.5 Å². The second-order valence-corrected chi connectivity index (χ2v) is 5.28. The lowest BCUT2D eigenvalue weighted by Gasteiger charge is -2.23. The highest BCUT2D eigenvalue weighted by molar-refractivity contribution is 7.99. The predicted octanol–water partition coefficient (Wildman–Crippen LogP) is 1.07. The highest BCUT2D eigenvalue weighted by Gasteiger charge is 2.17. The van der Waals surface area contributed by atoms with Crippen molar-refractivity contribution in [3.05, 3.63) is 17.8 Å². The third kappa shape index (κ3) is 3.03. The molecule has 1 aromatic rings. The Bertz CT molecular complexity index is 418. The Kier molecular flexibility index (Phi) is 3.73. The summed E-state index contributed by atoms with van der Waals surface area (Å²) in [7, 11) is 0. The van der Waals surface area contributed by atoms with Gasteiger partial charge in [0.25, 0.3) is 5.91 Å². The Morgan fingerprint density at radius 2 is 2.18 bits per heavy atom. The number of nitrogens with zero attached hydrogens (tertiary/aromatic N) is 1. The number of nitrogens with two attached hydrogens (primary N) is 2. The topological polar surface area (TPSA) is 94.0 Å². The van der Waals surface area contributed by atoms with E-state index in [9.17, 15) is 4.79 Å². The lowest BCUT2D eigenvalue weighted by Crippen LogP contribution is -2.27. The molecule has 0 aliphatic carbocycles. The van der Waals surface area contributed by atoms with Gasteiger partial charge in [0.1, 0.15) is 5.82 Å². The number of rotatable bonds is 3. The fourth-order valence-electron chi connectivity index (χ4n) is 1.82. The smallest absolute Gasteiger partial charge is 0.252 e. The maximum atomic E-state index is 11.3. The number of thioether (sulfide) groups is 1. The van der Waals surface area contributed by atoms with Crippen LogP contribution in [0, 0.1) is 0 Å². The summed E-state index contributed by atoms with van der Waals surface area (Å²) in [5.41, 5.74) is 11.7. The molecule has 6 heteroatoms. The van der Waals surface area contributed by atoms with Gasteiger partial charge in [0.05, 0.1) is 17.4 Å². The summed E-state index contributed by atoms with van der Waals surface area (Å²) in [5, 5.41) is 3.28. The SMILES string of the molecule is NC(=O)c1cc(N)cnc1NC1CCSCC1. The van der Waals surface area contributed by atoms with E-state index in [1.54, 1.807) is 6.07 Å². The molecule has 1 aliphatic heterocycles. The van der Waals surface area contributed by atoms with Crippen LogP contribution in [-0.2, 0) is 0 Å². The number of aromatic nitrogens is 1. The molecule has 92 valence electrons. The van der Waals surface area contributed by atoms with Gasteiger partial charge in [-0.2, -0.15) is 11.8 Å². The van der Waals surface area contributed by atoms with E-state index in [2.05, 4.69) is 10.3 Å². The minimum atomic E-state index is -0.502. The number of carbonyl (C=O) groups is 1. The number of primary amides is 1. The van der Waals surface area contributed by atoms with E-state index in [-0.39, 0.29) is 0 Å². The van der Waals surface area contributed by atoms with Crippen LogP contribution in [-0.4, -0.2) is 28.4 Å². The maximum Gasteiger partial charge on any atom is 0.252 e. The van der Waals surface area contributed by atoms with Gasteiger partial charge in [-0.25, -0.2) is 4.98 Å². The Morgan fingerprint density at radius 1 is 1.47 bits per heavy atom.